The predicted molar refractivity (Wildman–Crippen MR) is 126 cm³/mol. The molecule has 0 saturated carbocycles. The van der Waals surface area contributed by atoms with Gasteiger partial charge >= 0.3 is 0 Å². The molecule has 36 heavy (non-hydrogen) atoms. The molecule has 0 spiro atoms. The number of aryl methyl sites for hydroxylation is 1. The lowest BCUT2D eigenvalue weighted by molar-refractivity contribution is -0.140. The number of ether oxygens (including phenoxy) is 2. The van der Waals surface area contributed by atoms with Crippen molar-refractivity contribution in [3.8, 4) is 0 Å². The molecule has 1 aromatic carbocycles. The first-order valence-corrected chi connectivity index (χ1v) is 11.3. The smallest absolute Gasteiger partial charge is 0.293 e. The zero-order valence-electron chi connectivity index (χ0n) is 19.3. The van der Waals surface area contributed by atoms with Crippen LogP contribution in [0.1, 0.15) is 30.6 Å². The normalized spacial score (nSPS) is 21.6. The van der Waals surface area contributed by atoms with Gasteiger partial charge in [-0.25, -0.2) is 4.98 Å². The van der Waals surface area contributed by atoms with Gasteiger partial charge in [-0.3, -0.25) is 9.36 Å². The lowest BCUT2D eigenvalue weighted by Gasteiger charge is -2.17. The first kappa shape index (κ1) is 23.4. The van der Waals surface area contributed by atoms with Crippen molar-refractivity contribution in [1.29, 1.82) is 0 Å². The third kappa shape index (κ3) is 4.36. The highest BCUT2D eigenvalue weighted by atomic mass is 16.6. The fourth-order valence-corrected chi connectivity index (χ4v) is 4.01. The van der Waals surface area contributed by atoms with Crippen molar-refractivity contribution in [2.75, 3.05) is 23.3 Å². The molecular formula is C21H25N11O4. The fourth-order valence-electron chi connectivity index (χ4n) is 4.01. The average Bonchev–Trinajstić information content (AvgIpc) is 3.59. The van der Waals surface area contributed by atoms with Crippen LogP contribution in [0.3, 0.4) is 0 Å². The van der Waals surface area contributed by atoms with E-state index >= 15 is 0 Å². The summed E-state index contributed by atoms with van der Waals surface area (Å²) in [5, 5.41) is 26.2. The Hall–Kier alpha value is -4.37. The standard InChI is InChI=1S/C21H25N11O4/c1-2-32-29-18(28-30-32)16-15(35-10-33)14(34)20(36-16)31-9-25-13-17(23)26-21(27-19(13)31)24-8-7-11-3-5-12(22)6-4-11/h3-6,9-10,14-16,20,34H,2,7-8,22H2,1H3,(H3,23,24,26,27)/t14-,15+,16+,20-/m1/s1. The van der Waals surface area contributed by atoms with Crippen molar-refractivity contribution in [2.24, 2.45) is 0 Å². The van der Waals surface area contributed by atoms with E-state index in [1.165, 1.54) is 15.7 Å². The Balaban J connectivity index is 1.40. The number of rotatable bonds is 9. The quantitative estimate of drug-likeness (QED) is 0.176. The monoisotopic (exact) mass is 495 g/mol. The van der Waals surface area contributed by atoms with E-state index in [-0.39, 0.29) is 24.1 Å². The van der Waals surface area contributed by atoms with E-state index in [0.717, 1.165) is 5.56 Å². The van der Waals surface area contributed by atoms with Crippen LogP contribution in [0.25, 0.3) is 11.2 Å². The van der Waals surface area contributed by atoms with E-state index in [0.29, 0.717) is 36.4 Å². The van der Waals surface area contributed by atoms with Gasteiger partial charge in [0.2, 0.25) is 11.8 Å². The number of tetrazole rings is 1. The number of nitrogens with one attached hydrogen (secondary N) is 1. The molecule has 0 aliphatic carbocycles. The maximum absolute atomic E-state index is 11.1. The summed E-state index contributed by atoms with van der Waals surface area (Å²) in [6.07, 6.45) is -2.18. The number of anilines is 3. The summed E-state index contributed by atoms with van der Waals surface area (Å²) in [5.41, 5.74) is 14.3. The highest BCUT2D eigenvalue weighted by Crippen LogP contribution is 2.40. The van der Waals surface area contributed by atoms with Gasteiger partial charge in [0.1, 0.15) is 11.6 Å². The minimum Gasteiger partial charge on any atom is -0.458 e. The topological polar surface area (TPSA) is 207 Å². The van der Waals surface area contributed by atoms with E-state index in [9.17, 15) is 9.90 Å². The Morgan fingerprint density at radius 2 is 2.06 bits per heavy atom. The molecule has 3 aromatic heterocycles. The van der Waals surface area contributed by atoms with Gasteiger partial charge in [-0.05, 0) is 36.3 Å². The highest BCUT2D eigenvalue weighted by molar-refractivity contribution is 5.83. The minimum absolute atomic E-state index is 0.158. The molecule has 0 amide bonds. The van der Waals surface area contributed by atoms with Crippen molar-refractivity contribution in [3.05, 3.63) is 42.0 Å². The van der Waals surface area contributed by atoms with Crippen LogP contribution in [0.15, 0.2) is 30.6 Å². The van der Waals surface area contributed by atoms with Gasteiger partial charge in [0, 0.05) is 12.2 Å². The molecule has 6 N–H and O–H groups in total. The molecule has 1 fully saturated rings. The molecule has 1 aliphatic heterocycles. The zero-order chi connectivity index (χ0) is 25.2. The molecule has 5 rings (SSSR count). The Bertz CT molecular complexity index is 1360. The molecule has 1 aliphatic rings. The summed E-state index contributed by atoms with van der Waals surface area (Å²) in [7, 11) is 0. The second kappa shape index (κ2) is 9.71. The highest BCUT2D eigenvalue weighted by Gasteiger charge is 2.49. The molecule has 188 valence electrons. The Morgan fingerprint density at radius 1 is 1.25 bits per heavy atom. The number of nitrogens with zero attached hydrogens (tertiary/aromatic N) is 8. The van der Waals surface area contributed by atoms with E-state index in [1.54, 1.807) is 0 Å². The molecule has 15 heteroatoms. The maximum Gasteiger partial charge on any atom is 0.293 e. The number of benzene rings is 1. The van der Waals surface area contributed by atoms with Crippen molar-refractivity contribution in [3.63, 3.8) is 0 Å². The molecule has 4 atom stereocenters. The summed E-state index contributed by atoms with van der Waals surface area (Å²) >= 11 is 0. The number of aromatic nitrogens is 8. The lowest BCUT2D eigenvalue weighted by Crippen LogP contribution is -2.31. The predicted octanol–water partition coefficient (Wildman–Crippen LogP) is -0.176. The molecule has 4 aromatic rings. The number of carbonyl (C=O) groups excluding carboxylic acids is 1. The first-order valence-electron chi connectivity index (χ1n) is 11.3. The minimum atomic E-state index is -1.27. The van der Waals surface area contributed by atoms with Gasteiger partial charge in [-0.1, -0.05) is 12.1 Å². The number of hydrogen-bond acceptors (Lipinski definition) is 13. The van der Waals surface area contributed by atoms with Crippen molar-refractivity contribution < 1.29 is 19.4 Å². The number of nitrogens with two attached hydrogens (primary N) is 2. The van der Waals surface area contributed by atoms with Gasteiger partial charge in [-0.2, -0.15) is 14.8 Å². The van der Waals surface area contributed by atoms with Crippen LogP contribution in [0.2, 0.25) is 0 Å². The average molecular weight is 496 g/mol. The van der Waals surface area contributed by atoms with Crippen LogP contribution in [0, 0.1) is 0 Å². The summed E-state index contributed by atoms with van der Waals surface area (Å²) in [4.78, 5) is 25.6. The van der Waals surface area contributed by atoms with Gasteiger partial charge in [-0.15, -0.1) is 10.2 Å². The van der Waals surface area contributed by atoms with E-state index < -0.39 is 24.5 Å². The van der Waals surface area contributed by atoms with E-state index in [2.05, 4.69) is 35.7 Å². The Morgan fingerprint density at radius 3 is 2.78 bits per heavy atom. The number of aliphatic hydroxyl groups is 1. The number of imidazole rings is 1. The molecule has 0 unspecified atom stereocenters. The Labute approximate surface area is 204 Å². The largest absolute Gasteiger partial charge is 0.458 e. The second-order valence-electron chi connectivity index (χ2n) is 8.15. The summed E-state index contributed by atoms with van der Waals surface area (Å²) in [6.45, 7) is 3.12. The second-order valence-corrected chi connectivity index (χ2v) is 8.15. The van der Waals surface area contributed by atoms with Gasteiger partial charge in [0.05, 0.1) is 12.9 Å². The van der Waals surface area contributed by atoms with Gasteiger partial charge < -0.3 is 31.4 Å². The van der Waals surface area contributed by atoms with Crippen molar-refractivity contribution in [1.82, 2.24) is 39.7 Å². The van der Waals surface area contributed by atoms with Gasteiger partial charge in [0.15, 0.2) is 29.9 Å². The zero-order valence-corrected chi connectivity index (χ0v) is 19.3. The number of hydrogen-bond donors (Lipinski definition) is 4. The third-order valence-electron chi connectivity index (χ3n) is 5.83. The van der Waals surface area contributed by atoms with Crippen LogP contribution in [-0.2, 0) is 27.2 Å². The summed E-state index contributed by atoms with van der Waals surface area (Å²) in [6, 6.07) is 7.58. The molecule has 1 saturated heterocycles. The Kier molecular flexibility index (Phi) is 6.30. The van der Waals surface area contributed by atoms with Crippen LogP contribution in [0.5, 0.6) is 0 Å². The first-order chi connectivity index (χ1) is 17.5. The number of nitrogen functional groups attached to an aromatic ring is 2. The van der Waals surface area contributed by atoms with Crippen LogP contribution in [-0.4, -0.2) is 70.1 Å². The lowest BCUT2D eigenvalue weighted by atomic mass is 10.1. The summed E-state index contributed by atoms with van der Waals surface area (Å²) in [5.74, 6) is 0.620. The van der Waals surface area contributed by atoms with E-state index in [4.69, 9.17) is 20.9 Å². The van der Waals surface area contributed by atoms with Crippen molar-refractivity contribution >= 4 is 35.1 Å². The number of fused-ring (bicyclic) bond motifs is 1. The van der Waals surface area contributed by atoms with Gasteiger partial charge in [0.25, 0.3) is 6.47 Å². The molecule has 0 radical (unpaired) electrons. The number of aliphatic hydroxyl groups excluding tert-OH is 1. The molecular weight excluding hydrogens is 470 g/mol. The SMILES string of the molecule is CCn1nnc([C@H]2O[C@@H](n3cnc4c(N)nc(NCCc5ccc(N)cc5)nc43)[C@H](O)[C@@H]2OC=O)n1. The van der Waals surface area contributed by atoms with E-state index in [1.807, 2.05) is 31.2 Å². The molecule has 0 bridgehead atoms. The maximum atomic E-state index is 11.1. The molecule has 15 nitrogen and oxygen atoms in total. The fraction of sp³-hybridized carbons (Fsp3) is 0.381. The van der Waals surface area contributed by atoms with Crippen LogP contribution < -0.4 is 16.8 Å². The summed E-state index contributed by atoms with van der Waals surface area (Å²) < 4.78 is 12.7. The molecule has 4 heterocycles. The third-order valence-corrected chi connectivity index (χ3v) is 5.83. The van der Waals surface area contributed by atoms with Crippen molar-refractivity contribution in [2.45, 2.75) is 44.4 Å². The van der Waals surface area contributed by atoms with Crippen LogP contribution >= 0.6 is 0 Å². The van der Waals surface area contributed by atoms with Crippen LogP contribution in [0.4, 0.5) is 17.5 Å². The number of carbonyl (C=O) groups is 1.